The van der Waals surface area contributed by atoms with Crippen LogP contribution in [0.5, 0.6) is 0 Å². The molecule has 1 heteroatoms. The van der Waals surface area contributed by atoms with Gasteiger partial charge >= 0.3 is 0 Å². The van der Waals surface area contributed by atoms with E-state index in [1.54, 1.807) is 0 Å². The highest BCUT2D eigenvalue weighted by molar-refractivity contribution is 5.02. The summed E-state index contributed by atoms with van der Waals surface area (Å²) in [4.78, 5) is 0. The summed E-state index contributed by atoms with van der Waals surface area (Å²) in [6, 6.07) is 0.574. The SMILES string of the molecule is C=C(C)C(CC1CCC1)NCCC. The number of nitrogens with one attached hydrogen (secondary N) is 1. The van der Waals surface area contributed by atoms with Crippen molar-refractivity contribution in [3.05, 3.63) is 12.2 Å². The van der Waals surface area contributed by atoms with Crippen molar-refractivity contribution in [3.63, 3.8) is 0 Å². The lowest BCUT2D eigenvalue weighted by molar-refractivity contribution is 0.271. The first-order chi connectivity index (χ1) is 6.24. The van der Waals surface area contributed by atoms with E-state index in [-0.39, 0.29) is 0 Å². The summed E-state index contributed by atoms with van der Waals surface area (Å²) in [5, 5.41) is 3.57. The molecule has 1 fully saturated rings. The van der Waals surface area contributed by atoms with Crippen molar-refractivity contribution in [1.82, 2.24) is 5.32 Å². The van der Waals surface area contributed by atoms with Gasteiger partial charge in [0.15, 0.2) is 0 Å². The quantitative estimate of drug-likeness (QED) is 0.621. The van der Waals surface area contributed by atoms with Crippen LogP contribution in [0, 0.1) is 5.92 Å². The van der Waals surface area contributed by atoms with Crippen molar-refractivity contribution in [1.29, 1.82) is 0 Å². The topological polar surface area (TPSA) is 12.0 Å². The molecule has 1 saturated carbocycles. The van der Waals surface area contributed by atoms with Crippen LogP contribution in [0.15, 0.2) is 12.2 Å². The molecule has 1 nitrogen and oxygen atoms in total. The normalized spacial score (nSPS) is 19.5. The lowest BCUT2D eigenvalue weighted by Gasteiger charge is -2.30. The summed E-state index contributed by atoms with van der Waals surface area (Å²) in [6.45, 7) is 9.55. The van der Waals surface area contributed by atoms with Crippen LogP contribution in [0.4, 0.5) is 0 Å². The van der Waals surface area contributed by atoms with Crippen molar-refractivity contribution in [3.8, 4) is 0 Å². The molecule has 0 spiro atoms. The first-order valence-corrected chi connectivity index (χ1v) is 5.62. The van der Waals surface area contributed by atoms with Gasteiger partial charge in [0, 0.05) is 6.04 Å². The summed E-state index contributed by atoms with van der Waals surface area (Å²) in [6.07, 6.45) is 6.86. The molecule has 13 heavy (non-hydrogen) atoms. The van der Waals surface area contributed by atoms with Crippen LogP contribution in [0.2, 0.25) is 0 Å². The predicted molar refractivity (Wildman–Crippen MR) is 58.9 cm³/mol. The van der Waals surface area contributed by atoms with Crippen molar-refractivity contribution in [2.75, 3.05) is 6.54 Å². The Morgan fingerprint density at radius 3 is 2.62 bits per heavy atom. The maximum Gasteiger partial charge on any atom is 0.0276 e. The van der Waals surface area contributed by atoms with Crippen LogP contribution >= 0.6 is 0 Å². The molecular weight excluding hydrogens is 158 g/mol. The fraction of sp³-hybridized carbons (Fsp3) is 0.833. The molecule has 0 saturated heterocycles. The van der Waals surface area contributed by atoms with Crippen LogP contribution in [0.25, 0.3) is 0 Å². The van der Waals surface area contributed by atoms with Gasteiger partial charge in [0.2, 0.25) is 0 Å². The third-order valence-electron chi connectivity index (χ3n) is 3.03. The molecule has 1 aliphatic rings. The second kappa shape index (κ2) is 5.43. The van der Waals surface area contributed by atoms with Crippen molar-refractivity contribution in [2.24, 2.45) is 5.92 Å². The molecule has 1 unspecified atom stereocenters. The van der Waals surface area contributed by atoms with E-state index in [2.05, 4.69) is 25.7 Å². The Balaban J connectivity index is 2.23. The van der Waals surface area contributed by atoms with Crippen LogP contribution in [0.1, 0.15) is 46.0 Å². The van der Waals surface area contributed by atoms with Gasteiger partial charge in [0.05, 0.1) is 0 Å². The summed E-state index contributed by atoms with van der Waals surface area (Å²) < 4.78 is 0. The van der Waals surface area contributed by atoms with E-state index < -0.39 is 0 Å². The lowest BCUT2D eigenvalue weighted by atomic mass is 9.80. The zero-order chi connectivity index (χ0) is 9.68. The highest BCUT2D eigenvalue weighted by atomic mass is 14.9. The van der Waals surface area contributed by atoms with E-state index in [1.165, 1.54) is 37.7 Å². The van der Waals surface area contributed by atoms with Crippen molar-refractivity contribution < 1.29 is 0 Å². The first kappa shape index (κ1) is 10.8. The Morgan fingerprint density at radius 2 is 2.23 bits per heavy atom. The Labute approximate surface area is 82.6 Å². The zero-order valence-electron chi connectivity index (χ0n) is 9.10. The molecule has 0 aliphatic heterocycles. The molecule has 0 amide bonds. The Bertz CT molecular complexity index is 159. The van der Waals surface area contributed by atoms with Gasteiger partial charge in [-0.2, -0.15) is 0 Å². The van der Waals surface area contributed by atoms with Crippen LogP contribution in [-0.4, -0.2) is 12.6 Å². The molecule has 0 aromatic heterocycles. The molecular formula is C12H23N. The summed E-state index contributed by atoms with van der Waals surface area (Å²) in [5.74, 6) is 0.978. The largest absolute Gasteiger partial charge is 0.310 e. The second-order valence-corrected chi connectivity index (χ2v) is 4.39. The molecule has 1 N–H and O–H groups in total. The third kappa shape index (κ3) is 3.51. The second-order valence-electron chi connectivity index (χ2n) is 4.39. The predicted octanol–water partition coefficient (Wildman–Crippen LogP) is 3.12. The van der Waals surface area contributed by atoms with E-state index in [1.807, 2.05) is 0 Å². The van der Waals surface area contributed by atoms with Crippen molar-refractivity contribution in [2.45, 2.75) is 52.0 Å². The molecule has 76 valence electrons. The number of hydrogen-bond donors (Lipinski definition) is 1. The highest BCUT2D eigenvalue weighted by Gasteiger charge is 2.21. The summed E-state index contributed by atoms with van der Waals surface area (Å²) in [7, 11) is 0. The molecule has 0 aromatic rings. The van der Waals surface area contributed by atoms with Gasteiger partial charge < -0.3 is 5.32 Å². The lowest BCUT2D eigenvalue weighted by Crippen LogP contribution is -2.34. The average Bonchev–Trinajstić information content (AvgIpc) is 2.01. The molecule has 1 aliphatic carbocycles. The van der Waals surface area contributed by atoms with Gasteiger partial charge in [-0.25, -0.2) is 0 Å². The smallest absolute Gasteiger partial charge is 0.0276 e. The molecule has 0 radical (unpaired) electrons. The monoisotopic (exact) mass is 181 g/mol. The van der Waals surface area contributed by atoms with E-state index >= 15 is 0 Å². The third-order valence-corrected chi connectivity index (χ3v) is 3.03. The maximum atomic E-state index is 4.06. The molecule has 0 bridgehead atoms. The standard InChI is InChI=1S/C12H23N/c1-4-8-13-12(10(2)3)9-11-6-5-7-11/h11-13H,2,4-9H2,1,3H3. The highest BCUT2D eigenvalue weighted by Crippen LogP contribution is 2.31. The van der Waals surface area contributed by atoms with Gasteiger partial charge in [-0.1, -0.05) is 38.3 Å². The number of rotatable bonds is 6. The van der Waals surface area contributed by atoms with Gasteiger partial charge in [0.1, 0.15) is 0 Å². The van der Waals surface area contributed by atoms with Gasteiger partial charge in [0.25, 0.3) is 0 Å². The minimum atomic E-state index is 0.574. The molecule has 1 atom stereocenters. The Kier molecular flexibility index (Phi) is 4.51. The van der Waals surface area contributed by atoms with Gasteiger partial charge in [-0.3, -0.25) is 0 Å². The molecule has 1 rings (SSSR count). The van der Waals surface area contributed by atoms with Crippen LogP contribution in [0.3, 0.4) is 0 Å². The fourth-order valence-electron chi connectivity index (χ4n) is 1.84. The van der Waals surface area contributed by atoms with E-state index in [9.17, 15) is 0 Å². The Hall–Kier alpha value is -0.300. The van der Waals surface area contributed by atoms with E-state index in [0.717, 1.165) is 12.5 Å². The van der Waals surface area contributed by atoms with Crippen molar-refractivity contribution >= 4 is 0 Å². The summed E-state index contributed by atoms with van der Waals surface area (Å²) in [5.41, 5.74) is 1.31. The van der Waals surface area contributed by atoms with Gasteiger partial charge in [-0.15, -0.1) is 0 Å². The van der Waals surface area contributed by atoms with Crippen LogP contribution < -0.4 is 5.32 Å². The number of hydrogen-bond acceptors (Lipinski definition) is 1. The molecule has 0 heterocycles. The van der Waals surface area contributed by atoms with E-state index in [0.29, 0.717) is 6.04 Å². The van der Waals surface area contributed by atoms with E-state index in [4.69, 9.17) is 0 Å². The summed E-state index contributed by atoms with van der Waals surface area (Å²) >= 11 is 0. The fourth-order valence-corrected chi connectivity index (χ4v) is 1.84. The van der Waals surface area contributed by atoms with Gasteiger partial charge in [-0.05, 0) is 32.2 Å². The first-order valence-electron chi connectivity index (χ1n) is 5.62. The minimum absolute atomic E-state index is 0.574. The molecule has 0 aromatic carbocycles. The maximum absolute atomic E-state index is 4.06. The minimum Gasteiger partial charge on any atom is -0.310 e. The zero-order valence-corrected chi connectivity index (χ0v) is 9.10. The Morgan fingerprint density at radius 1 is 1.54 bits per heavy atom. The average molecular weight is 181 g/mol. The van der Waals surface area contributed by atoms with Crippen LogP contribution in [-0.2, 0) is 0 Å².